The van der Waals surface area contributed by atoms with Crippen molar-refractivity contribution in [3.8, 4) is 0 Å². The number of fused-ring (bicyclic) bond motifs is 1. The molecule has 0 unspecified atom stereocenters. The third-order valence-corrected chi connectivity index (χ3v) is 8.12. The van der Waals surface area contributed by atoms with E-state index in [4.69, 9.17) is 0 Å². The van der Waals surface area contributed by atoms with Crippen molar-refractivity contribution in [3.63, 3.8) is 0 Å². The van der Waals surface area contributed by atoms with Crippen LogP contribution in [0, 0.1) is 11.8 Å². The van der Waals surface area contributed by atoms with Gasteiger partial charge in [-0.2, -0.15) is 0 Å². The minimum absolute atomic E-state index is 0.107. The molecule has 2 amide bonds. The smallest absolute Gasteiger partial charge is 0.274 e. The lowest BCUT2D eigenvalue weighted by molar-refractivity contribution is -0.128. The zero-order valence-corrected chi connectivity index (χ0v) is 19.9. The topological polar surface area (TPSA) is 94.1 Å². The molecule has 3 aliphatic rings. The van der Waals surface area contributed by atoms with Crippen LogP contribution >= 0.6 is 11.3 Å². The summed E-state index contributed by atoms with van der Waals surface area (Å²) in [7, 11) is -1.64. The SMILES string of the molecule is CC(C)[C@@H]1C(=O)N(S(C)(=O)=O)C2=CCN(C(=O)c3csc(CN4CCN(C)CC4)n3)[C@H]21. The summed E-state index contributed by atoms with van der Waals surface area (Å²) in [6.07, 6.45) is 2.71. The van der Waals surface area contributed by atoms with E-state index in [0.717, 1.165) is 41.7 Å². The van der Waals surface area contributed by atoms with Gasteiger partial charge in [-0.05, 0) is 19.0 Å². The summed E-state index contributed by atoms with van der Waals surface area (Å²) < 4.78 is 25.4. The van der Waals surface area contributed by atoms with Crippen LogP contribution in [0.2, 0.25) is 0 Å². The summed E-state index contributed by atoms with van der Waals surface area (Å²) in [5, 5.41) is 2.65. The van der Waals surface area contributed by atoms with Gasteiger partial charge in [-0.25, -0.2) is 17.7 Å². The van der Waals surface area contributed by atoms with Crippen molar-refractivity contribution in [1.82, 2.24) is 24.0 Å². The fourth-order valence-electron chi connectivity index (χ4n) is 4.60. The first-order chi connectivity index (χ1) is 14.6. The fraction of sp³-hybridized carbons (Fsp3) is 0.650. The number of carbonyl (C=O) groups excluding carboxylic acids is 2. The molecule has 1 aromatic heterocycles. The van der Waals surface area contributed by atoms with E-state index in [2.05, 4.69) is 21.8 Å². The molecule has 0 bridgehead atoms. The molecule has 3 aliphatic heterocycles. The van der Waals surface area contributed by atoms with Crippen molar-refractivity contribution in [3.05, 3.63) is 27.9 Å². The van der Waals surface area contributed by atoms with Crippen molar-refractivity contribution in [2.75, 3.05) is 46.0 Å². The first-order valence-corrected chi connectivity index (χ1v) is 13.2. The van der Waals surface area contributed by atoms with E-state index < -0.39 is 27.9 Å². The first-order valence-electron chi connectivity index (χ1n) is 10.5. The molecular weight excluding hydrogens is 438 g/mol. The van der Waals surface area contributed by atoms with E-state index in [0.29, 0.717) is 17.9 Å². The first kappa shape index (κ1) is 22.4. The van der Waals surface area contributed by atoms with Crippen molar-refractivity contribution >= 4 is 33.2 Å². The Kier molecular flexibility index (Phi) is 5.97. The lowest BCUT2D eigenvalue weighted by Crippen LogP contribution is -2.44. The van der Waals surface area contributed by atoms with Crippen LogP contribution in [0.4, 0.5) is 0 Å². The summed E-state index contributed by atoms with van der Waals surface area (Å²) >= 11 is 1.46. The van der Waals surface area contributed by atoms with Crippen LogP contribution in [0.5, 0.6) is 0 Å². The van der Waals surface area contributed by atoms with Crippen molar-refractivity contribution in [2.45, 2.75) is 26.4 Å². The highest BCUT2D eigenvalue weighted by molar-refractivity contribution is 7.89. The van der Waals surface area contributed by atoms with Crippen LogP contribution in [0.1, 0.15) is 29.3 Å². The molecule has 0 aliphatic carbocycles. The highest BCUT2D eigenvalue weighted by Gasteiger charge is 2.54. The van der Waals surface area contributed by atoms with Crippen LogP contribution < -0.4 is 0 Å². The molecule has 0 aromatic carbocycles. The zero-order valence-electron chi connectivity index (χ0n) is 18.3. The van der Waals surface area contributed by atoms with Gasteiger partial charge in [0.15, 0.2) is 0 Å². The van der Waals surface area contributed by atoms with Gasteiger partial charge in [-0.1, -0.05) is 13.8 Å². The highest BCUT2D eigenvalue weighted by atomic mass is 32.2. The minimum Gasteiger partial charge on any atom is -0.324 e. The molecule has 4 heterocycles. The zero-order chi connectivity index (χ0) is 22.5. The van der Waals surface area contributed by atoms with E-state index in [1.54, 1.807) is 16.4 Å². The van der Waals surface area contributed by atoms with Crippen LogP contribution in [0.25, 0.3) is 0 Å². The Balaban J connectivity index is 1.52. The molecule has 1 aromatic rings. The number of nitrogens with zero attached hydrogens (tertiary/aromatic N) is 5. The van der Waals surface area contributed by atoms with Crippen LogP contribution in [-0.2, 0) is 21.4 Å². The van der Waals surface area contributed by atoms with E-state index in [9.17, 15) is 18.0 Å². The van der Waals surface area contributed by atoms with E-state index in [1.165, 1.54) is 11.3 Å². The van der Waals surface area contributed by atoms with E-state index in [-0.39, 0.29) is 18.4 Å². The van der Waals surface area contributed by atoms with Gasteiger partial charge in [-0.15, -0.1) is 11.3 Å². The third kappa shape index (κ3) is 4.15. The van der Waals surface area contributed by atoms with Gasteiger partial charge < -0.3 is 9.80 Å². The maximum atomic E-state index is 13.3. The number of thiazole rings is 1. The number of rotatable bonds is 5. The summed E-state index contributed by atoms with van der Waals surface area (Å²) in [5.74, 6) is -1.41. The van der Waals surface area contributed by atoms with Crippen LogP contribution in [0.15, 0.2) is 17.2 Å². The highest BCUT2D eigenvalue weighted by Crippen LogP contribution is 2.41. The van der Waals surface area contributed by atoms with Crippen molar-refractivity contribution in [2.24, 2.45) is 11.8 Å². The van der Waals surface area contributed by atoms with Gasteiger partial charge in [0.25, 0.3) is 5.91 Å². The second kappa shape index (κ2) is 8.27. The van der Waals surface area contributed by atoms with Crippen LogP contribution in [-0.4, -0.2) is 96.3 Å². The Morgan fingerprint density at radius 2 is 1.94 bits per heavy atom. The Morgan fingerprint density at radius 3 is 2.55 bits per heavy atom. The Bertz CT molecular complexity index is 1010. The molecule has 0 radical (unpaired) electrons. The maximum absolute atomic E-state index is 13.3. The summed E-state index contributed by atoms with van der Waals surface area (Å²) in [6, 6.07) is -0.572. The van der Waals surface area contributed by atoms with E-state index >= 15 is 0 Å². The molecule has 0 N–H and O–H groups in total. The van der Waals surface area contributed by atoms with Gasteiger partial charge in [0.05, 0.1) is 30.5 Å². The predicted octanol–water partition coefficient (Wildman–Crippen LogP) is 0.673. The van der Waals surface area contributed by atoms with Gasteiger partial charge in [0.1, 0.15) is 10.7 Å². The Labute approximate surface area is 187 Å². The number of amides is 2. The quantitative estimate of drug-likeness (QED) is 0.628. The average molecular weight is 468 g/mol. The van der Waals surface area contributed by atoms with Crippen molar-refractivity contribution < 1.29 is 18.0 Å². The van der Waals surface area contributed by atoms with Crippen molar-refractivity contribution in [1.29, 1.82) is 0 Å². The Hall–Kier alpha value is -1.82. The molecule has 31 heavy (non-hydrogen) atoms. The molecule has 2 saturated heterocycles. The normalized spacial score (nSPS) is 25.5. The minimum atomic E-state index is -3.75. The summed E-state index contributed by atoms with van der Waals surface area (Å²) in [4.78, 5) is 37.0. The van der Waals surface area contributed by atoms with Gasteiger partial charge in [0, 0.05) is 38.1 Å². The Morgan fingerprint density at radius 1 is 1.26 bits per heavy atom. The number of piperazine rings is 1. The largest absolute Gasteiger partial charge is 0.324 e. The molecule has 11 heteroatoms. The fourth-order valence-corrected chi connectivity index (χ4v) is 6.43. The number of hydrogen-bond acceptors (Lipinski definition) is 8. The number of aromatic nitrogens is 1. The number of carbonyl (C=O) groups is 2. The molecule has 170 valence electrons. The predicted molar refractivity (Wildman–Crippen MR) is 118 cm³/mol. The third-order valence-electron chi connectivity index (χ3n) is 6.23. The molecule has 2 fully saturated rings. The number of likely N-dealkylation sites (N-methyl/N-ethyl adjacent to an activating group) is 1. The molecule has 0 saturated carbocycles. The second-order valence-electron chi connectivity index (χ2n) is 8.87. The molecular formula is C20H29N5O4S2. The van der Waals surface area contributed by atoms with E-state index in [1.807, 2.05) is 13.8 Å². The van der Waals surface area contributed by atoms with Gasteiger partial charge in [-0.3, -0.25) is 14.5 Å². The monoisotopic (exact) mass is 467 g/mol. The molecule has 4 rings (SSSR count). The van der Waals surface area contributed by atoms with Crippen LogP contribution in [0.3, 0.4) is 0 Å². The standard InChI is InChI=1S/C20H29N5O4S2/c1-13(2)17-18-15(25(20(17)27)31(4,28)29)5-6-24(18)19(26)14-12-30-16(21-14)11-23-9-7-22(3)8-10-23/h5,12-13,17-18H,6-11H2,1-4H3/t17-,18+/m0/s1. The lowest BCUT2D eigenvalue weighted by atomic mass is 9.89. The van der Waals surface area contributed by atoms with Gasteiger partial charge >= 0.3 is 0 Å². The maximum Gasteiger partial charge on any atom is 0.274 e. The molecule has 9 nitrogen and oxygen atoms in total. The average Bonchev–Trinajstić information content (AvgIpc) is 3.36. The molecule has 0 spiro atoms. The number of hydrogen-bond donors (Lipinski definition) is 0. The molecule has 2 atom stereocenters. The number of sulfonamides is 1. The second-order valence-corrected chi connectivity index (χ2v) is 11.6. The summed E-state index contributed by atoms with van der Waals surface area (Å²) in [6.45, 7) is 8.72. The van der Waals surface area contributed by atoms with Gasteiger partial charge in [0.2, 0.25) is 15.9 Å². The summed E-state index contributed by atoms with van der Waals surface area (Å²) in [5.41, 5.74) is 0.754. The lowest BCUT2D eigenvalue weighted by Gasteiger charge is -2.31.